The highest BCUT2D eigenvalue weighted by Crippen LogP contribution is 2.42. The molecule has 2 aromatic rings. The minimum Gasteiger partial charge on any atom is -0.294 e. The molecule has 0 N–H and O–H groups in total. The van der Waals surface area contributed by atoms with Crippen molar-refractivity contribution in [1.82, 2.24) is 19.7 Å². The van der Waals surface area contributed by atoms with Crippen LogP contribution in [0.2, 0.25) is 0 Å². The van der Waals surface area contributed by atoms with Crippen LogP contribution in [-0.4, -0.2) is 32.8 Å². The van der Waals surface area contributed by atoms with Crippen LogP contribution in [0.15, 0.2) is 23.1 Å². The summed E-state index contributed by atoms with van der Waals surface area (Å²) in [5, 5.41) is 5.70. The number of aromatic nitrogens is 3. The Morgan fingerprint density at radius 2 is 2.16 bits per heavy atom. The molecule has 1 saturated heterocycles. The molecule has 100 valence electrons. The highest BCUT2D eigenvalue weighted by Gasteiger charge is 2.30. The summed E-state index contributed by atoms with van der Waals surface area (Å²) in [6.45, 7) is 3.22. The number of hydrogen-bond acceptors (Lipinski definition) is 4. The average molecular weight is 339 g/mol. The average Bonchev–Trinajstić information content (AvgIpc) is 2.94. The summed E-state index contributed by atoms with van der Waals surface area (Å²) in [4.78, 5) is 8.41. The Morgan fingerprint density at radius 1 is 1.32 bits per heavy atom. The summed E-state index contributed by atoms with van der Waals surface area (Å²) in [6, 6.07) is 0.530. The van der Waals surface area contributed by atoms with Gasteiger partial charge in [0.1, 0.15) is 0 Å². The highest BCUT2D eigenvalue weighted by atomic mass is 79.9. The molecule has 3 heterocycles. The van der Waals surface area contributed by atoms with E-state index in [2.05, 4.69) is 48.0 Å². The summed E-state index contributed by atoms with van der Waals surface area (Å²) in [7, 11) is 0. The van der Waals surface area contributed by atoms with E-state index < -0.39 is 0 Å². The zero-order chi connectivity index (χ0) is 12.8. The van der Waals surface area contributed by atoms with E-state index in [0.717, 1.165) is 30.0 Å². The third-order valence-corrected chi connectivity index (χ3v) is 5.31. The first kappa shape index (κ1) is 12.1. The third kappa shape index (κ3) is 2.49. The van der Waals surface area contributed by atoms with Gasteiger partial charge in [0, 0.05) is 42.8 Å². The summed E-state index contributed by atoms with van der Waals surface area (Å²) in [6.07, 6.45) is 8.66. The van der Waals surface area contributed by atoms with Crippen LogP contribution in [0.25, 0.3) is 0 Å². The van der Waals surface area contributed by atoms with Crippen molar-refractivity contribution in [2.45, 2.75) is 31.3 Å². The second kappa shape index (κ2) is 4.68. The topological polar surface area (TPSA) is 34.0 Å². The fourth-order valence-electron chi connectivity index (χ4n) is 2.49. The van der Waals surface area contributed by atoms with Gasteiger partial charge in [-0.25, -0.2) is 4.98 Å². The van der Waals surface area contributed by atoms with Crippen molar-refractivity contribution in [3.8, 4) is 0 Å². The fourth-order valence-corrected chi connectivity index (χ4v) is 3.92. The first-order chi connectivity index (χ1) is 9.28. The number of hydrogen-bond donors (Lipinski definition) is 0. The van der Waals surface area contributed by atoms with Crippen LogP contribution in [0.4, 0.5) is 0 Å². The molecule has 2 aromatic heterocycles. The Morgan fingerprint density at radius 3 is 2.84 bits per heavy atom. The molecular formula is C13H15BrN4S. The van der Waals surface area contributed by atoms with Gasteiger partial charge < -0.3 is 0 Å². The summed E-state index contributed by atoms with van der Waals surface area (Å²) in [5.74, 6) is 0.782. The Hall–Kier alpha value is -0.720. The van der Waals surface area contributed by atoms with Crippen LogP contribution in [0.5, 0.6) is 0 Å². The molecule has 0 amide bonds. The minimum atomic E-state index is 0.530. The van der Waals surface area contributed by atoms with E-state index >= 15 is 0 Å². The molecule has 2 aliphatic rings. The van der Waals surface area contributed by atoms with E-state index in [-0.39, 0.29) is 0 Å². The SMILES string of the molecule is Brc1cnn(C2CN(Cc3cnc(C4CC4)s3)C2)c1. The van der Waals surface area contributed by atoms with E-state index in [4.69, 9.17) is 0 Å². The molecule has 0 radical (unpaired) electrons. The lowest BCUT2D eigenvalue weighted by atomic mass is 10.1. The fraction of sp³-hybridized carbons (Fsp3) is 0.538. The molecule has 0 spiro atoms. The van der Waals surface area contributed by atoms with Crippen molar-refractivity contribution >= 4 is 27.3 Å². The predicted molar refractivity (Wildman–Crippen MR) is 78.3 cm³/mol. The maximum Gasteiger partial charge on any atom is 0.0959 e. The van der Waals surface area contributed by atoms with Crippen LogP contribution >= 0.6 is 27.3 Å². The molecule has 4 nitrogen and oxygen atoms in total. The van der Waals surface area contributed by atoms with Gasteiger partial charge in [-0.2, -0.15) is 5.10 Å². The van der Waals surface area contributed by atoms with Crippen LogP contribution in [0, 0.1) is 0 Å². The van der Waals surface area contributed by atoms with E-state index in [9.17, 15) is 0 Å². The maximum atomic E-state index is 4.54. The van der Waals surface area contributed by atoms with Crippen molar-refractivity contribution in [2.24, 2.45) is 0 Å². The van der Waals surface area contributed by atoms with Crippen molar-refractivity contribution < 1.29 is 0 Å². The van der Waals surface area contributed by atoms with Gasteiger partial charge in [0.25, 0.3) is 0 Å². The molecule has 2 fully saturated rings. The normalized spacial score (nSPS) is 20.7. The molecule has 4 rings (SSSR count). The van der Waals surface area contributed by atoms with Gasteiger partial charge in [-0.1, -0.05) is 0 Å². The van der Waals surface area contributed by atoms with Crippen LogP contribution in [-0.2, 0) is 6.54 Å². The van der Waals surface area contributed by atoms with Crippen LogP contribution < -0.4 is 0 Å². The molecule has 1 aliphatic carbocycles. The number of halogens is 1. The van der Waals surface area contributed by atoms with Gasteiger partial charge in [-0.15, -0.1) is 11.3 Å². The molecule has 6 heteroatoms. The zero-order valence-electron chi connectivity index (χ0n) is 10.5. The quantitative estimate of drug-likeness (QED) is 0.859. The number of nitrogens with zero attached hydrogens (tertiary/aromatic N) is 4. The van der Waals surface area contributed by atoms with E-state index in [1.807, 2.05) is 17.5 Å². The van der Waals surface area contributed by atoms with Gasteiger partial charge >= 0.3 is 0 Å². The molecule has 1 aliphatic heterocycles. The first-order valence-electron chi connectivity index (χ1n) is 6.64. The Labute approximate surface area is 124 Å². The Balaban J connectivity index is 1.33. The van der Waals surface area contributed by atoms with E-state index in [1.54, 1.807) is 0 Å². The summed E-state index contributed by atoms with van der Waals surface area (Å²) in [5.41, 5.74) is 0. The second-order valence-corrected chi connectivity index (χ2v) is 7.49. The van der Waals surface area contributed by atoms with E-state index in [1.165, 1.54) is 22.7 Å². The highest BCUT2D eigenvalue weighted by molar-refractivity contribution is 9.10. The minimum absolute atomic E-state index is 0.530. The molecule has 0 atom stereocenters. The van der Waals surface area contributed by atoms with Gasteiger partial charge in [-0.3, -0.25) is 9.58 Å². The molecule has 0 unspecified atom stereocenters. The lowest BCUT2D eigenvalue weighted by molar-refractivity contribution is 0.0919. The lowest BCUT2D eigenvalue weighted by Crippen LogP contribution is -2.46. The Kier molecular flexibility index (Phi) is 2.97. The van der Waals surface area contributed by atoms with Crippen LogP contribution in [0.1, 0.15) is 34.7 Å². The predicted octanol–water partition coefficient (Wildman–Crippen LogP) is 3.04. The van der Waals surface area contributed by atoms with Crippen molar-refractivity contribution in [1.29, 1.82) is 0 Å². The van der Waals surface area contributed by atoms with Crippen molar-refractivity contribution in [3.63, 3.8) is 0 Å². The van der Waals surface area contributed by atoms with Crippen LogP contribution in [0.3, 0.4) is 0 Å². The van der Waals surface area contributed by atoms with Gasteiger partial charge in [0.05, 0.1) is 21.7 Å². The van der Waals surface area contributed by atoms with Gasteiger partial charge in [0.15, 0.2) is 0 Å². The number of rotatable bonds is 4. The third-order valence-electron chi connectivity index (χ3n) is 3.76. The summed E-state index contributed by atoms with van der Waals surface area (Å²) >= 11 is 5.34. The maximum absolute atomic E-state index is 4.54. The molecule has 0 aromatic carbocycles. The zero-order valence-corrected chi connectivity index (χ0v) is 12.9. The lowest BCUT2D eigenvalue weighted by Gasteiger charge is -2.38. The molecule has 19 heavy (non-hydrogen) atoms. The van der Waals surface area contributed by atoms with Gasteiger partial charge in [-0.05, 0) is 28.8 Å². The first-order valence-corrected chi connectivity index (χ1v) is 8.25. The second-order valence-electron chi connectivity index (χ2n) is 5.43. The molecule has 0 bridgehead atoms. The monoisotopic (exact) mass is 338 g/mol. The number of thiazole rings is 1. The molecule has 1 saturated carbocycles. The van der Waals surface area contributed by atoms with Gasteiger partial charge in [0.2, 0.25) is 0 Å². The molecular weight excluding hydrogens is 324 g/mol. The summed E-state index contributed by atoms with van der Waals surface area (Å²) < 4.78 is 3.12. The van der Waals surface area contributed by atoms with Crippen molar-refractivity contribution in [2.75, 3.05) is 13.1 Å². The van der Waals surface area contributed by atoms with E-state index in [0.29, 0.717) is 6.04 Å². The largest absolute Gasteiger partial charge is 0.294 e. The van der Waals surface area contributed by atoms with Crippen molar-refractivity contribution in [3.05, 3.63) is 32.9 Å². The Bertz CT molecular complexity index is 583. The smallest absolute Gasteiger partial charge is 0.0959 e. The standard InChI is InChI=1S/C13H15BrN4S/c14-10-3-16-18(5-10)11-6-17(7-11)8-12-4-15-13(19-12)9-1-2-9/h3-5,9,11H,1-2,6-8H2. The number of likely N-dealkylation sites (tertiary alicyclic amines) is 1.